The van der Waals surface area contributed by atoms with Gasteiger partial charge in [-0.2, -0.15) is 26.3 Å². The molecule has 0 aromatic heterocycles. The molecule has 11 heteroatoms. The van der Waals surface area contributed by atoms with Crippen LogP contribution in [0, 0.1) is 0 Å². The lowest BCUT2D eigenvalue weighted by Crippen LogP contribution is -2.61. The molecule has 4 N–H and O–H groups in total. The van der Waals surface area contributed by atoms with Gasteiger partial charge in [0.25, 0.3) is 0 Å². The molecule has 0 unspecified atom stereocenters. The average Bonchev–Trinajstić information content (AvgIpc) is 2.44. The fraction of sp³-hybridized carbons (Fsp3) is 0.385. The van der Waals surface area contributed by atoms with Crippen LogP contribution in [0.4, 0.5) is 26.3 Å². The van der Waals surface area contributed by atoms with E-state index < -0.39 is 53.9 Å². The maximum atomic E-state index is 13.4. The summed E-state index contributed by atoms with van der Waals surface area (Å²) in [6.45, 7) is -2.23. The van der Waals surface area contributed by atoms with E-state index in [2.05, 4.69) is 0 Å². The molecule has 0 radical (unpaired) electrons. The molecule has 0 heterocycles. The molecule has 0 bridgehead atoms. The van der Waals surface area contributed by atoms with Crippen LogP contribution in [-0.4, -0.2) is 42.2 Å². The molecule has 1 rings (SSSR count). The smallest absolute Gasteiger partial charge is 0.414 e. The maximum Gasteiger partial charge on any atom is 0.414 e. The number of alkyl halides is 6. The Labute approximate surface area is 131 Å². The zero-order chi connectivity index (χ0) is 18.8. The van der Waals surface area contributed by atoms with Gasteiger partial charge in [0, 0.05) is 0 Å². The van der Waals surface area contributed by atoms with E-state index in [4.69, 9.17) is 10.8 Å². The number of carbonyl (C=O) groups is 2. The van der Waals surface area contributed by atoms with E-state index >= 15 is 0 Å². The molecule has 1 aromatic carbocycles. The van der Waals surface area contributed by atoms with Crippen LogP contribution < -0.4 is 11.1 Å². The van der Waals surface area contributed by atoms with Gasteiger partial charge in [-0.05, 0) is 17.7 Å². The summed E-state index contributed by atoms with van der Waals surface area (Å²) in [5.74, 6) is -4.00. The highest BCUT2D eigenvalue weighted by atomic mass is 19.4. The quantitative estimate of drug-likeness (QED) is 0.694. The van der Waals surface area contributed by atoms with Gasteiger partial charge in [-0.1, -0.05) is 12.1 Å². The molecule has 5 nitrogen and oxygen atoms in total. The van der Waals surface area contributed by atoms with Gasteiger partial charge in [0.05, 0.1) is 13.1 Å². The summed E-state index contributed by atoms with van der Waals surface area (Å²) in [5.41, 5.74) is -1.40. The summed E-state index contributed by atoms with van der Waals surface area (Å²) in [6.07, 6.45) is -12.1. The largest absolute Gasteiger partial charge is 0.508 e. The molecule has 0 aliphatic rings. The Hall–Kier alpha value is -2.30. The molecule has 134 valence electrons. The van der Waals surface area contributed by atoms with Crippen LogP contribution in [0.2, 0.25) is 0 Å². The Kier molecular flexibility index (Phi) is 5.49. The van der Waals surface area contributed by atoms with Gasteiger partial charge in [0.15, 0.2) is 5.78 Å². The van der Waals surface area contributed by atoms with Crippen LogP contribution in [0.3, 0.4) is 0 Å². The Morgan fingerprint density at radius 3 is 1.83 bits per heavy atom. The fourth-order valence-corrected chi connectivity index (χ4v) is 2.06. The number of ketones is 1. The van der Waals surface area contributed by atoms with Crippen molar-refractivity contribution in [1.29, 1.82) is 0 Å². The molecule has 1 amide bonds. The highest BCUT2D eigenvalue weighted by Crippen LogP contribution is 2.52. The predicted octanol–water partition coefficient (Wildman–Crippen LogP) is 1.40. The van der Waals surface area contributed by atoms with Crippen molar-refractivity contribution in [3.8, 4) is 5.75 Å². The molecule has 0 fully saturated rings. The number of carbonyl (C=O) groups excluding carboxylic acids is 2. The molecule has 0 saturated carbocycles. The Bertz CT molecular complexity index is 596. The van der Waals surface area contributed by atoms with Gasteiger partial charge >= 0.3 is 12.4 Å². The molecule has 0 saturated heterocycles. The van der Waals surface area contributed by atoms with Crippen molar-refractivity contribution in [1.82, 2.24) is 5.32 Å². The first kappa shape index (κ1) is 19.7. The van der Waals surface area contributed by atoms with E-state index in [-0.39, 0.29) is 0 Å². The van der Waals surface area contributed by atoms with Crippen LogP contribution in [-0.2, 0) is 15.0 Å². The standard InChI is InChI=1S/C13H12F6N2O3/c14-12(15,16)11(13(17,18)19,7-1-3-8(22)4-2-7)9(23)6-21-10(24)5-20/h1-4,22H,5-6,20H2,(H,21,24). The van der Waals surface area contributed by atoms with Gasteiger partial charge in [0.1, 0.15) is 5.75 Å². The van der Waals surface area contributed by atoms with Gasteiger partial charge in [-0.15, -0.1) is 0 Å². The summed E-state index contributed by atoms with van der Waals surface area (Å²) < 4.78 is 80.2. The zero-order valence-corrected chi connectivity index (χ0v) is 11.8. The van der Waals surface area contributed by atoms with Crippen LogP contribution in [0.1, 0.15) is 5.56 Å². The lowest BCUT2D eigenvalue weighted by atomic mass is 9.75. The first-order valence-electron chi connectivity index (χ1n) is 6.31. The highest BCUT2D eigenvalue weighted by Gasteiger charge is 2.75. The molecule has 0 atom stereocenters. The normalized spacial score (nSPS) is 12.8. The molecule has 0 aliphatic carbocycles. The lowest BCUT2D eigenvalue weighted by molar-refractivity contribution is -0.290. The van der Waals surface area contributed by atoms with Crippen LogP contribution in [0.5, 0.6) is 5.75 Å². The average molecular weight is 358 g/mol. The Morgan fingerprint density at radius 1 is 1.00 bits per heavy atom. The van der Waals surface area contributed by atoms with Crippen molar-refractivity contribution in [2.24, 2.45) is 5.73 Å². The first-order valence-corrected chi connectivity index (χ1v) is 6.31. The molecule has 24 heavy (non-hydrogen) atoms. The number of benzene rings is 1. The number of nitrogens with two attached hydrogens (primary N) is 1. The second-order valence-corrected chi connectivity index (χ2v) is 4.70. The molecule has 0 spiro atoms. The van der Waals surface area contributed by atoms with Crippen molar-refractivity contribution < 1.29 is 41.0 Å². The van der Waals surface area contributed by atoms with E-state index in [1.807, 2.05) is 0 Å². The zero-order valence-electron chi connectivity index (χ0n) is 11.8. The minimum Gasteiger partial charge on any atom is -0.508 e. The maximum absolute atomic E-state index is 13.4. The monoisotopic (exact) mass is 358 g/mol. The second-order valence-electron chi connectivity index (χ2n) is 4.70. The minimum atomic E-state index is -6.03. The van der Waals surface area contributed by atoms with Gasteiger partial charge in [-0.25, -0.2) is 0 Å². The molecule has 1 aromatic rings. The topological polar surface area (TPSA) is 92.4 Å². The summed E-state index contributed by atoms with van der Waals surface area (Å²) in [5, 5.41) is 10.7. The summed E-state index contributed by atoms with van der Waals surface area (Å²) in [7, 11) is 0. The first-order chi connectivity index (χ1) is 10.9. The van der Waals surface area contributed by atoms with E-state index in [1.54, 1.807) is 5.32 Å². The Morgan fingerprint density at radius 2 is 1.46 bits per heavy atom. The number of phenols is 1. The van der Waals surface area contributed by atoms with Crippen LogP contribution >= 0.6 is 0 Å². The fourth-order valence-electron chi connectivity index (χ4n) is 2.06. The van der Waals surface area contributed by atoms with Crippen LogP contribution in [0.15, 0.2) is 24.3 Å². The number of aromatic hydroxyl groups is 1. The minimum absolute atomic E-state index is 0.346. The van der Waals surface area contributed by atoms with E-state index in [9.17, 15) is 35.9 Å². The summed E-state index contributed by atoms with van der Waals surface area (Å²) in [6, 6.07) is 1.87. The van der Waals surface area contributed by atoms with Crippen molar-refractivity contribution >= 4 is 11.7 Å². The number of phenolic OH excluding ortho intramolecular Hbond substituents is 1. The number of rotatable bonds is 5. The third-order valence-electron chi connectivity index (χ3n) is 3.20. The predicted molar refractivity (Wildman–Crippen MR) is 69.0 cm³/mol. The van der Waals surface area contributed by atoms with E-state index in [0.29, 0.717) is 24.3 Å². The Balaban J connectivity index is 3.52. The number of hydrogen-bond acceptors (Lipinski definition) is 4. The molecular formula is C13H12F6N2O3. The van der Waals surface area contributed by atoms with Crippen molar-refractivity contribution in [2.45, 2.75) is 17.8 Å². The third-order valence-corrected chi connectivity index (χ3v) is 3.20. The lowest BCUT2D eigenvalue weighted by Gasteiger charge is -2.36. The number of Topliss-reactive ketones (excluding diaryl/α,β-unsaturated/α-hetero) is 1. The number of hydrogen-bond donors (Lipinski definition) is 3. The van der Waals surface area contributed by atoms with Crippen molar-refractivity contribution in [2.75, 3.05) is 13.1 Å². The van der Waals surface area contributed by atoms with E-state index in [0.717, 1.165) is 0 Å². The second kappa shape index (κ2) is 6.67. The van der Waals surface area contributed by atoms with Crippen molar-refractivity contribution in [3.05, 3.63) is 29.8 Å². The third kappa shape index (κ3) is 3.45. The van der Waals surface area contributed by atoms with Crippen LogP contribution in [0.25, 0.3) is 0 Å². The van der Waals surface area contributed by atoms with Gasteiger partial charge in [0.2, 0.25) is 11.3 Å². The van der Waals surface area contributed by atoms with Gasteiger partial charge in [-0.3, -0.25) is 9.59 Å². The SMILES string of the molecule is NCC(=O)NCC(=O)C(c1ccc(O)cc1)(C(F)(F)F)C(F)(F)F. The number of halogens is 6. The molecular weight excluding hydrogens is 346 g/mol. The van der Waals surface area contributed by atoms with E-state index in [1.165, 1.54) is 0 Å². The molecule has 0 aliphatic heterocycles. The highest BCUT2D eigenvalue weighted by molar-refractivity contribution is 5.96. The summed E-state index contributed by atoms with van der Waals surface area (Å²) in [4.78, 5) is 22.8. The summed E-state index contributed by atoms with van der Waals surface area (Å²) >= 11 is 0. The number of nitrogens with one attached hydrogen (secondary N) is 1. The van der Waals surface area contributed by atoms with Gasteiger partial charge < -0.3 is 16.2 Å². The number of amides is 1. The van der Waals surface area contributed by atoms with Crippen molar-refractivity contribution in [3.63, 3.8) is 0 Å².